The van der Waals surface area contributed by atoms with E-state index in [4.69, 9.17) is 15.2 Å². The highest BCUT2D eigenvalue weighted by Gasteiger charge is 2.26. The number of benzene rings is 1. The van der Waals surface area contributed by atoms with Gasteiger partial charge in [-0.15, -0.1) is 0 Å². The minimum Gasteiger partial charge on any atom is -0.494 e. The van der Waals surface area contributed by atoms with Crippen LogP contribution in [0.5, 0.6) is 5.75 Å². The highest BCUT2D eigenvalue weighted by atomic mass is 16.5. The van der Waals surface area contributed by atoms with E-state index in [-0.39, 0.29) is 23.8 Å². The zero-order valence-corrected chi connectivity index (χ0v) is 16.9. The molecular weight excluding hydrogens is 358 g/mol. The molecule has 4 N–H and O–H groups in total. The van der Waals surface area contributed by atoms with Gasteiger partial charge in [-0.2, -0.15) is 0 Å². The fourth-order valence-corrected chi connectivity index (χ4v) is 3.28. The lowest BCUT2D eigenvalue weighted by molar-refractivity contribution is -0.125. The van der Waals surface area contributed by atoms with E-state index in [1.54, 1.807) is 0 Å². The summed E-state index contributed by atoms with van der Waals surface area (Å²) in [6.45, 7) is 6.29. The quantitative estimate of drug-likeness (QED) is 0.529. The maximum atomic E-state index is 12.1. The summed E-state index contributed by atoms with van der Waals surface area (Å²) in [6.07, 6.45) is 2.57. The van der Waals surface area contributed by atoms with Crippen LogP contribution in [0, 0.1) is 5.92 Å². The number of amides is 2. The van der Waals surface area contributed by atoms with E-state index in [9.17, 15) is 9.59 Å². The van der Waals surface area contributed by atoms with Gasteiger partial charge in [0, 0.05) is 26.2 Å². The fourth-order valence-electron chi connectivity index (χ4n) is 3.28. The lowest BCUT2D eigenvalue weighted by atomic mass is 9.92. The van der Waals surface area contributed by atoms with Gasteiger partial charge in [0.1, 0.15) is 5.75 Å². The summed E-state index contributed by atoms with van der Waals surface area (Å²) >= 11 is 0. The first-order chi connectivity index (χ1) is 13.5. The standard InChI is InChI=1S/C21H33N3O4/c1-3-28-18-8-6-16(7-9-18)15(2)24-19(25)5-4-12-23-21(26)20(22)17-10-13-27-14-11-17/h6-9,15,17,20H,3-5,10-14,22H2,1-2H3,(H,23,26)(H,24,25). The number of nitrogens with one attached hydrogen (secondary N) is 2. The number of nitrogens with two attached hydrogens (primary N) is 1. The third kappa shape index (κ3) is 7.13. The van der Waals surface area contributed by atoms with Gasteiger partial charge < -0.3 is 25.8 Å². The fraction of sp³-hybridized carbons (Fsp3) is 0.619. The maximum absolute atomic E-state index is 12.1. The van der Waals surface area contributed by atoms with Crippen molar-refractivity contribution >= 4 is 11.8 Å². The van der Waals surface area contributed by atoms with Crippen molar-refractivity contribution in [2.24, 2.45) is 11.7 Å². The highest BCUT2D eigenvalue weighted by Crippen LogP contribution is 2.18. The van der Waals surface area contributed by atoms with Crippen molar-refractivity contribution in [1.82, 2.24) is 10.6 Å². The number of hydrogen-bond donors (Lipinski definition) is 3. The van der Waals surface area contributed by atoms with Gasteiger partial charge in [-0.25, -0.2) is 0 Å². The Bertz CT molecular complexity index is 615. The van der Waals surface area contributed by atoms with Gasteiger partial charge >= 0.3 is 0 Å². The summed E-state index contributed by atoms with van der Waals surface area (Å²) in [5.74, 6) is 0.811. The third-order valence-corrected chi connectivity index (χ3v) is 5.03. The molecule has 0 saturated carbocycles. The van der Waals surface area contributed by atoms with E-state index in [0.717, 1.165) is 24.2 Å². The van der Waals surface area contributed by atoms with Gasteiger partial charge in [-0.1, -0.05) is 12.1 Å². The minimum absolute atomic E-state index is 0.0376. The predicted octanol–water partition coefficient (Wildman–Crippen LogP) is 1.91. The predicted molar refractivity (Wildman–Crippen MR) is 108 cm³/mol. The topological polar surface area (TPSA) is 103 Å². The summed E-state index contributed by atoms with van der Waals surface area (Å²) in [4.78, 5) is 24.3. The Balaban J connectivity index is 1.64. The molecule has 0 aromatic heterocycles. The van der Waals surface area contributed by atoms with Crippen LogP contribution in [-0.4, -0.2) is 44.2 Å². The van der Waals surface area contributed by atoms with Crippen molar-refractivity contribution in [2.75, 3.05) is 26.4 Å². The summed E-state index contributed by atoms with van der Waals surface area (Å²) in [7, 11) is 0. The van der Waals surface area contributed by atoms with Crippen molar-refractivity contribution in [2.45, 2.75) is 51.6 Å². The average molecular weight is 392 g/mol. The van der Waals surface area contributed by atoms with Gasteiger partial charge in [-0.05, 0) is 56.7 Å². The molecule has 2 amide bonds. The molecule has 2 rings (SSSR count). The Kier molecular flexibility index (Phi) is 9.23. The van der Waals surface area contributed by atoms with Gasteiger partial charge in [0.05, 0.1) is 18.7 Å². The van der Waals surface area contributed by atoms with Gasteiger partial charge in [0.25, 0.3) is 0 Å². The molecule has 7 nitrogen and oxygen atoms in total. The second-order valence-electron chi connectivity index (χ2n) is 7.16. The van der Waals surface area contributed by atoms with Gasteiger partial charge in [-0.3, -0.25) is 9.59 Å². The number of carbonyl (C=O) groups is 2. The Morgan fingerprint density at radius 2 is 1.93 bits per heavy atom. The van der Waals surface area contributed by atoms with E-state index in [2.05, 4.69) is 10.6 Å². The lowest BCUT2D eigenvalue weighted by Crippen LogP contribution is -2.47. The summed E-state index contributed by atoms with van der Waals surface area (Å²) in [5, 5.41) is 5.82. The molecule has 1 fully saturated rings. The molecule has 0 bridgehead atoms. The zero-order chi connectivity index (χ0) is 20.4. The molecule has 0 aliphatic carbocycles. The van der Waals surface area contributed by atoms with Crippen LogP contribution in [0.4, 0.5) is 0 Å². The lowest BCUT2D eigenvalue weighted by Gasteiger charge is -2.26. The average Bonchev–Trinajstić information content (AvgIpc) is 2.72. The first-order valence-corrected chi connectivity index (χ1v) is 10.1. The van der Waals surface area contributed by atoms with Crippen molar-refractivity contribution in [3.05, 3.63) is 29.8 Å². The van der Waals surface area contributed by atoms with E-state index in [1.165, 1.54) is 0 Å². The minimum atomic E-state index is -0.502. The number of rotatable bonds is 10. The van der Waals surface area contributed by atoms with Crippen LogP contribution in [0.1, 0.15) is 51.1 Å². The van der Waals surface area contributed by atoms with Crippen LogP contribution in [0.15, 0.2) is 24.3 Å². The van der Waals surface area contributed by atoms with E-state index in [1.807, 2.05) is 38.1 Å². The smallest absolute Gasteiger partial charge is 0.237 e. The molecule has 1 saturated heterocycles. The number of hydrogen-bond acceptors (Lipinski definition) is 5. The second kappa shape index (κ2) is 11.7. The molecule has 1 aliphatic rings. The normalized spacial score (nSPS) is 16.8. The van der Waals surface area contributed by atoms with Crippen LogP contribution < -0.4 is 21.1 Å². The Morgan fingerprint density at radius 3 is 2.57 bits per heavy atom. The van der Waals surface area contributed by atoms with Crippen molar-refractivity contribution in [1.29, 1.82) is 0 Å². The first kappa shape index (κ1) is 22.2. The zero-order valence-electron chi connectivity index (χ0n) is 16.9. The monoisotopic (exact) mass is 391 g/mol. The molecule has 7 heteroatoms. The Labute approximate surface area is 167 Å². The molecule has 28 heavy (non-hydrogen) atoms. The number of carbonyl (C=O) groups excluding carboxylic acids is 2. The van der Waals surface area contributed by atoms with Crippen molar-refractivity contribution in [3.63, 3.8) is 0 Å². The molecule has 1 heterocycles. The van der Waals surface area contributed by atoms with Gasteiger partial charge in [0.2, 0.25) is 11.8 Å². The van der Waals surface area contributed by atoms with Crippen molar-refractivity contribution < 1.29 is 19.1 Å². The summed E-state index contributed by atoms with van der Waals surface area (Å²) in [5.41, 5.74) is 7.06. The van der Waals surface area contributed by atoms with E-state index in [0.29, 0.717) is 39.2 Å². The molecule has 1 aliphatic heterocycles. The van der Waals surface area contributed by atoms with Crippen LogP contribution in [0.25, 0.3) is 0 Å². The molecule has 2 unspecified atom stereocenters. The van der Waals surface area contributed by atoms with E-state index < -0.39 is 6.04 Å². The highest BCUT2D eigenvalue weighted by molar-refractivity contribution is 5.82. The molecule has 1 aromatic rings. The maximum Gasteiger partial charge on any atom is 0.237 e. The van der Waals surface area contributed by atoms with Crippen LogP contribution in [0.2, 0.25) is 0 Å². The molecule has 2 atom stereocenters. The van der Waals surface area contributed by atoms with Crippen LogP contribution >= 0.6 is 0 Å². The molecule has 0 radical (unpaired) electrons. The van der Waals surface area contributed by atoms with Crippen LogP contribution in [0.3, 0.4) is 0 Å². The molecule has 1 aromatic carbocycles. The summed E-state index contributed by atoms with van der Waals surface area (Å²) in [6, 6.07) is 7.12. The SMILES string of the molecule is CCOc1ccc(C(C)NC(=O)CCCNC(=O)C(N)C2CCOCC2)cc1. The molecular formula is C21H33N3O4. The number of ether oxygens (including phenoxy) is 2. The van der Waals surface area contributed by atoms with Gasteiger partial charge in [0.15, 0.2) is 0 Å². The second-order valence-corrected chi connectivity index (χ2v) is 7.16. The summed E-state index contributed by atoms with van der Waals surface area (Å²) < 4.78 is 10.7. The Hall–Kier alpha value is -2.12. The first-order valence-electron chi connectivity index (χ1n) is 10.1. The van der Waals surface area contributed by atoms with Crippen molar-refractivity contribution in [3.8, 4) is 5.75 Å². The van der Waals surface area contributed by atoms with Crippen LogP contribution in [-0.2, 0) is 14.3 Å². The molecule has 156 valence electrons. The largest absolute Gasteiger partial charge is 0.494 e. The Morgan fingerprint density at radius 1 is 1.25 bits per heavy atom. The van der Waals surface area contributed by atoms with E-state index >= 15 is 0 Å². The third-order valence-electron chi connectivity index (χ3n) is 5.03. The molecule has 0 spiro atoms.